The summed E-state index contributed by atoms with van der Waals surface area (Å²) in [4.78, 5) is 45.6. The second-order valence-corrected chi connectivity index (χ2v) is 8.08. The van der Waals surface area contributed by atoms with Crippen molar-refractivity contribution in [2.75, 3.05) is 32.6 Å². The molecule has 1 aromatic heterocycles. The van der Waals surface area contributed by atoms with Crippen molar-refractivity contribution in [3.8, 4) is 5.88 Å². The van der Waals surface area contributed by atoms with Crippen LogP contribution in [0.15, 0.2) is 12.4 Å². The quantitative estimate of drug-likeness (QED) is 0.334. The number of hydrazine groups is 1. The van der Waals surface area contributed by atoms with Gasteiger partial charge in [0.2, 0.25) is 18.2 Å². The lowest BCUT2D eigenvalue weighted by molar-refractivity contribution is -0.164. The summed E-state index contributed by atoms with van der Waals surface area (Å²) in [6.45, 7) is 0.420. The highest BCUT2D eigenvalue weighted by molar-refractivity contribution is 5.97. The first-order chi connectivity index (χ1) is 14.9. The van der Waals surface area contributed by atoms with E-state index in [0.29, 0.717) is 36.8 Å². The fourth-order valence-corrected chi connectivity index (χ4v) is 4.46. The average molecular weight is 434 g/mol. The molecular weight excluding hydrogens is 404 g/mol. The summed E-state index contributed by atoms with van der Waals surface area (Å²) in [6.07, 6.45) is 8.51. The first-order valence-corrected chi connectivity index (χ1v) is 10.5. The minimum Gasteiger partial charge on any atom is -0.478 e. The van der Waals surface area contributed by atoms with Crippen LogP contribution in [0.3, 0.4) is 0 Å². The molecule has 0 unspecified atom stereocenters. The van der Waals surface area contributed by atoms with Gasteiger partial charge in [-0.15, -0.1) is 0 Å². The maximum absolute atomic E-state index is 13.5. The Kier molecular flexibility index (Phi) is 7.75. The van der Waals surface area contributed by atoms with Crippen LogP contribution in [0.2, 0.25) is 0 Å². The summed E-state index contributed by atoms with van der Waals surface area (Å²) in [7, 11) is 3.18. The van der Waals surface area contributed by atoms with Crippen LogP contribution in [0.4, 0.5) is 5.82 Å². The van der Waals surface area contributed by atoms with Crippen molar-refractivity contribution in [1.82, 2.24) is 25.0 Å². The Bertz CT molecular complexity index is 787. The molecule has 0 aromatic carbocycles. The number of hydroxylamine groups is 2. The van der Waals surface area contributed by atoms with Crippen LogP contribution in [0.25, 0.3) is 0 Å². The van der Waals surface area contributed by atoms with Crippen LogP contribution in [-0.2, 0) is 14.4 Å². The molecule has 2 heterocycles. The Morgan fingerprint density at radius 2 is 2.03 bits per heavy atom. The third-order valence-corrected chi connectivity index (χ3v) is 5.99. The zero-order valence-corrected chi connectivity index (χ0v) is 17.9. The third-order valence-electron chi connectivity index (χ3n) is 5.99. The predicted molar refractivity (Wildman–Crippen MR) is 110 cm³/mol. The second kappa shape index (κ2) is 10.5. The Balaban J connectivity index is 1.76. The standard InChI is InChI=1S/C20H30N6O5/c1-24-10-7-16(18(28)23-17-19(31-2)22-9-8-21-17)26(24)20(29)15(12-25(30)13-27)11-14-5-3-4-6-14/h8-9,13-16,30H,3-7,10-12H2,1-2H3,(H,21,23,28)/t15-,16+/m1/s1. The summed E-state index contributed by atoms with van der Waals surface area (Å²) in [5.74, 6) is -0.535. The molecule has 1 saturated carbocycles. The van der Waals surface area contributed by atoms with Crippen LogP contribution >= 0.6 is 0 Å². The Hall–Kier alpha value is -2.79. The van der Waals surface area contributed by atoms with E-state index >= 15 is 0 Å². The first kappa shape index (κ1) is 22.9. The molecule has 1 saturated heterocycles. The highest BCUT2D eigenvalue weighted by Gasteiger charge is 2.42. The van der Waals surface area contributed by atoms with Crippen molar-refractivity contribution in [1.29, 1.82) is 0 Å². The Labute approximate surface area is 181 Å². The van der Waals surface area contributed by atoms with Gasteiger partial charge in [-0.2, -0.15) is 0 Å². The van der Waals surface area contributed by atoms with Gasteiger partial charge in [0.25, 0.3) is 5.88 Å². The normalized spacial score (nSPS) is 20.5. The van der Waals surface area contributed by atoms with E-state index in [2.05, 4.69) is 15.3 Å². The number of carbonyl (C=O) groups is 3. The molecule has 2 N–H and O–H groups in total. The number of methoxy groups -OCH3 is 1. The fourth-order valence-electron chi connectivity index (χ4n) is 4.46. The second-order valence-electron chi connectivity index (χ2n) is 8.08. The average Bonchev–Trinajstić information content (AvgIpc) is 3.42. The molecule has 2 aliphatic rings. The van der Waals surface area contributed by atoms with Gasteiger partial charge < -0.3 is 10.1 Å². The summed E-state index contributed by atoms with van der Waals surface area (Å²) in [5.41, 5.74) is 0. The van der Waals surface area contributed by atoms with Crippen molar-refractivity contribution < 1.29 is 24.3 Å². The molecule has 2 atom stereocenters. The van der Waals surface area contributed by atoms with Crippen LogP contribution in [0.5, 0.6) is 5.88 Å². The molecule has 1 aromatic rings. The number of nitrogens with one attached hydrogen (secondary N) is 1. The van der Waals surface area contributed by atoms with E-state index in [-0.39, 0.29) is 24.1 Å². The lowest BCUT2D eigenvalue weighted by Gasteiger charge is -2.33. The van der Waals surface area contributed by atoms with Crippen LogP contribution < -0.4 is 10.1 Å². The molecule has 0 spiro atoms. The number of hydrogen-bond donors (Lipinski definition) is 2. The molecule has 0 bridgehead atoms. The van der Waals surface area contributed by atoms with E-state index < -0.39 is 17.9 Å². The van der Waals surface area contributed by atoms with Crippen LogP contribution in [0.1, 0.15) is 38.5 Å². The summed E-state index contributed by atoms with van der Waals surface area (Å²) >= 11 is 0. The number of anilines is 1. The molecule has 3 amide bonds. The molecule has 11 nitrogen and oxygen atoms in total. The Morgan fingerprint density at radius 3 is 2.71 bits per heavy atom. The largest absolute Gasteiger partial charge is 0.478 e. The molecule has 11 heteroatoms. The van der Waals surface area contributed by atoms with Gasteiger partial charge in [0.15, 0.2) is 5.82 Å². The Morgan fingerprint density at radius 1 is 1.32 bits per heavy atom. The zero-order valence-electron chi connectivity index (χ0n) is 17.9. The zero-order chi connectivity index (χ0) is 22.4. The fraction of sp³-hybridized carbons (Fsp3) is 0.650. The number of nitrogens with zero attached hydrogens (tertiary/aromatic N) is 5. The van der Waals surface area contributed by atoms with Gasteiger partial charge in [-0.3, -0.25) is 24.6 Å². The minimum atomic E-state index is -0.737. The van der Waals surface area contributed by atoms with Crippen LogP contribution in [-0.4, -0.2) is 81.8 Å². The highest BCUT2D eigenvalue weighted by Crippen LogP contribution is 2.32. The van der Waals surface area contributed by atoms with Gasteiger partial charge in [0, 0.05) is 26.0 Å². The van der Waals surface area contributed by atoms with Gasteiger partial charge in [-0.25, -0.2) is 20.0 Å². The molecule has 170 valence electrons. The van der Waals surface area contributed by atoms with Crippen molar-refractivity contribution in [3.63, 3.8) is 0 Å². The molecule has 1 aliphatic carbocycles. The van der Waals surface area contributed by atoms with Gasteiger partial charge >= 0.3 is 0 Å². The lowest BCUT2D eigenvalue weighted by Crippen LogP contribution is -2.52. The summed E-state index contributed by atoms with van der Waals surface area (Å²) in [6, 6.07) is -0.737. The molecule has 2 fully saturated rings. The molecule has 0 radical (unpaired) electrons. The smallest absolute Gasteiger partial charge is 0.257 e. The van der Waals surface area contributed by atoms with Gasteiger partial charge in [0.05, 0.1) is 19.6 Å². The molecule has 3 rings (SSSR count). The first-order valence-electron chi connectivity index (χ1n) is 10.5. The van der Waals surface area contributed by atoms with Crippen molar-refractivity contribution in [2.45, 2.75) is 44.6 Å². The number of rotatable bonds is 9. The van der Waals surface area contributed by atoms with E-state index in [1.54, 1.807) is 12.1 Å². The van der Waals surface area contributed by atoms with E-state index in [0.717, 1.165) is 25.7 Å². The molecular formula is C20H30N6O5. The van der Waals surface area contributed by atoms with E-state index in [9.17, 15) is 19.6 Å². The van der Waals surface area contributed by atoms with Crippen molar-refractivity contribution in [3.05, 3.63) is 12.4 Å². The maximum Gasteiger partial charge on any atom is 0.257 e. The van der Waals surface area contributed by atoms with Gasteiger partial charge in [0.1, 0.15) is 6.04 Å². The monoisotopic (exact) mass is 434 g/mol. The lowest BCUT2D eigenvalue weighted by atomic mass is 9.92. The summed E-state index contributed by atoms with van der Waals surface area (Å²) in [5, 5.41) is 16.1. The van der Waals surface area contributed by atoms with Crippen molar-refractivity contribution in [2.24, 2.45) is 11.8 Å². The van der Waals surface area contributed by atoms with E-state index in [1.807, 2.05) is 0 Å². The number of amides is 3. The SMILES string of the molecule is COc1nccnc1NC(=O)[C@@H]1CCN(C)N1C(=O)[C@H](CC1CCCC1)CN(O)C=O. The number of aromatic nitrogens is 2. The maximum atomic E-state index is 13.5. The van der Waals surface area contributed by atoms with Gasteiger partial charge in [-0.05, 0) is 18.8 Å². The topological polar surface area (TPSA) is 128 Å². The molecule has 1 aliphatic heterocycles. The summed E-state index contributed by atoms with van der Waals surface area (Å²) < 4.78 is 5.13. The van der Waals surface area contributed by atoms with Crippen LogP contribution in [0, 0.1) is 11.8 Å². The third kappa shape index (κ3) is 5.47. The number of ether oxygens (including phenoxy) is 1. The molecule has 31 heavy (non-hydrogen) atoms. The number of carbonyl (C=O) groups excluding carboxylic acids is 3. The number of hydrogen-bond acceptors (Lipinski definition) is 8. The minimum absolute atomic E-state index is 0.102. The highest BCUT2D eigenvalue weighted by atomic mass is 16.5. The van der Waals surface area contributed by atoms with Gasteiger partial charge in [-0.1, -0.05) is 25.7 Å². The predicted octanol–water partition coefficient (Wildman–Crippen LogP) is 0.916. The van der Waals surface area contributed by atoms with E-state index in [1.165, 1.54) is 24.5 Å². The van der Waals surface area contributed by atoms with E-state index in [4.69, 9.17) is 4.74 Å². The van der Waals surface area contributed by atoms with Crippen molar-refractivity contribution >= 4 is 24.0 Å².